The number of piperidine rings is 1. The lowest BCUT2D eigenvalue weighted by molar-refractivity contribution is -0.196. The minimum atomic E-state index is -5.14. The van der Waals surface area contributed by atoms with Gasteiger partial charge in [0.25, 0.3) is 5.91 Å². The van der Waals surface area contributed by atoms with Gasteiger partial charge in [-0.2, -0.15) is 13.2 Å². The van der Waals surface area contributed by atoms with Crippen molar-refractivity contribution in [3.8, 4) is 0 Å². The molecule has 0 bridgehead atoms. The quantitative estimate of drug-likeness (QED) is 0.472. The van der Waals surface area contributed by atoms with Crippen molar-refractivity contribution in [1.29, 1.82) is 0 Å². The van der Waals surface area contributed by atoms with Crippen LogP contribution in [0, 0.1) is 0 Å². The number of carbonyl (C=O) groups is 2. The Kier molecular flexibility index (Phi) is 4.93. The summed E-state index contributed by atoms with van der Waals surface area (Å²) in [6, 6.07) is -0.150. The molecule has 0 radical (unpaired) electrons. The molecule has 0 spiro atoms. The number of esters is 1. The molecule has 1 saturated heterocycles. The summed E-state index contributed by atoms with van der Waals surface area (Å²) < 4.78 is 39.9. The third-order valence-corrected chi connectivity index (χ3v) is 2.82. The van der Waals surface area contributed by atoms with E-state index < -0.39 is 23.8 Å². The lowest BCUT2D eigenvalue weighted by atomic mass is 10.1. The van der Waals surface area contributed by atoms with E-state index in [9.17, 15) is 22.8 Å². The molecule has 1 heterocycles. The van der Waals surface area contributed by atoms with Crippen molar-refractivity contribution >= 4 is 11.9 Å². The Labute approximate surface area is 108 Å². The van der Waals surface area contributed by atoms with Crippen molar-refractivity contribution in [2.75, 3.05) is 20.1 Å². The number of rotatable bonds is 3. The molecule has 1 aliphatic rings. The fraction of sp³-hybridized carbons (Fsp3) is 0.636. The minimum Gasteiger partial charge on any atom is -0.415 e. The number of likely N-dealkylation sites (N-methyl/N-ethyl adjacent to an activating group) is 1. The maximum atomic E-state index is 12.0. The Morgan fingerprint density at radius 1 is 1.42 bits per heavy atom. The molecule has 0 aromatic rings. The summed E-state index contributed by atoms with van der Waals surface area (Å²) in [5.74, 6) is -4.09. The van der Waals surface area contributed by atoms with Gasteiger partial charge in [-0.1, -0.05) is 6.58 Å². The molecule has 0 aliphatic carbocycles. The number of hydrogen-bond acceptors (Lipinski definition) is 4. The normalized spacial score (nSPS) is 19.7. The third-order valence-electron chi connectivity index (χ3n) is 2.82. The van der Waals surface area contributed by atoms with Crippen molar-refractivity contribution < 1.29 is 27.5 Å². The second-order valence-electron chi connectivity index (χ2n) is 4.23. The van der Waals surface area contributed by atoms with Gasteiger partial charge in [0.2, 0.25) is 0 Å². The molecule has 1 N–H and O–H groups in total. The van der Waals surface area contributed by atoms with Crippen molar-refractivity contribution in [2.45, 2.75) is 25.1 Å². The Bertz CT molecular complexity index is 376. The highest BCUT2D eigenvalue weighted by molar-refractivity contribution is 5.94. The molecule has 1 fully saturated rings. The highest BCUT2D eigenvalue weighted by Gasteiger charge is 2.42. The maximum absolute atomic E-state index is 12.0. The fourth-order valence-electron chi connectivity index (χ4n) is 1.74. The number of nitrogens with one attached hydrogen (secondary N) is 1. The van der Waals surface area contributed by atoms with E-state index in [-0.39, 0.29) is 6.04 Å². The van der Waals surface area contributed by atoms with Crippen LogP contribution in [-0.2, 0) is 14.3 Å². The molecule has 0 saturated carbocycles. The van der Waals surface area contributed by atoms with Crippen molar-refractivity contribution in [3.05, 3.63) is 12.3 Å². The van der Waals surface area contributed by atoms with Crippen LogP contribution in [0.25, 0.3) is 0 Å². The second-order valence-corrected chi connectivity index (χ2v) is 4.23. The molecular weight excluding hydrogens is 265 g/mol. The first-order valence-electron chi connectivity index (χ1n) is 5.69. The summed E-state index contributed by atoms with van der Waals surface area (Å²) >= 11 is 0. The van der Waals surface area contributed by atoms with E-state index in [1.807, 2.05) is 0 Å². The molecule has 0 aromatic heterocycles. The molecule has 5 nitrogen and oxygen atoms in total. The molecule has 0 aromatic carbocycles. The minimum absolute atomic E-state index is 0.150. The van der Waals surface area contributed by atoms with Crippen LogP contribution in [-0.4, -0.2) is 49.1 Å². The molecule has 1 amide bonds. The highest BCUT2D eigenvalue weighted by Crippen LogP contribution is 2.19. The first-order valence-corrected chi connectivity index (χ1v) is 5.69. The molecule has 0 unspecified atom stereocenters. The zero-order valence-corrected chi connectivity index (χ0v) is 10.4. The van der Waals surface area contributed by atoms with Gasteiger partial charge in [-0.25, -0.2) is 4.79 Å². The predicted octanol–water partition coefficient (Wildman–Crippen LogP) is 0.816. The van der Waals surface area contributed by atoms with Gasteiger partial charge < -0.3 is 15.0 Å². The highest BCUT2D eigenvalue weighted by atomic mass is 19.4. The maximum Gasteiger partial charge on any atom is 0.491 e. The van der Waals surface area contributed by atoms with Gasteiger partial charge in [-0.05, 0) is 19.4 Å². The largest absolute Gasteiger partial charge is 0.491 e. The van der Waals surface area contributed by atoms with Gasteiger partial charge in [0.05, 0.1) is 0 Å². The average molecular weight is 280 g/mol. The van der Waals surface area contributed by atoms with E-state index in [4.69, 9.17) is 0 Å². The predicted molar refractivity (Wildman–Crippen MR) is 59.9 cm³/mol. The summed E-state index contributed by atoms with van der Waals surface area (Å²) in [5.41, 5.74) is 0. The Hall–Kier alpha value is -1.57. The summed E-state index contributed by atoms with van der Waals surface area (Å²) in [5, 5.41) is 3.06. The standard InChI is InChI=1S/C11H15F3N2O3/c1-7(19-10(18)11(12,13)14)9(17)16(2)8-4-3-5-15-6-8/h8,15H,1,3-6H2,2H3/t8-/m0/s1. The molecule has 19 heavy (non-hydrogen) atoms. The molecule has 1 atom stereocenters. The van der Waals surface area contributed by atoms with Gasteiger partial charge >= 0.3 is 12.1 Å². The molecule has 1 rings (SSSR count). The van der Waals surface area contributed by atoms with E-state index >= 15 is 0 Å². The summed E-state index contributed by atoms with van der Waals surface area (Å²) in [7, 11) is 1.44. The SMILES string of the molecule is C=C(OC(=O)C(F)(F)F)C(=O)N(C)[C@H]1CCCNC1. The Morgan fingerprint density at radius 2 is 2.05 bits per heavy atom. The van der Waals surface area contributed by atoms with Crippen LogP contribution in [0.1, 0.15) is 12.8 Å². The molecule has 108 valence electrons. The molecule has 8 heteroatoms. The van der Waals surface area contributed by atoms with E-state index in [0.717, 1.165) is 19.4 Å². The topological polar surface area (TPSA) is 58.6 Å². The van der Waals surface area contributed by atoms with Gasteiger partial charge in [0.15, 0.2) is 5.76 Å². The Balaban J connectivity index is 2.56. The first kappa shape index (κ1) is 15.5. The monoisotopic (exact) mass is 280 g/mol. The fourth-order valence-corrected chi connectivity index (χ4v) is 1.74. The van der Waals surface area contributed by atoms with E-state index in [1.165, 1.54) is 11.9 Å². The van der Waals surface area contributed by atoms with Crippen molar-refractivity contribution in [2.24, 2.45) is 0 Å². The molecule has 1 aliphatic heterocycles. The van der Waals surface area contributed by atoms with Crippen molar-refractivity contribution in [3.63, 3.8) is 0 Å². The molecular formula is C11H15F3N2O3. The smallest absolute Gasteiger partial charge is 0.415 e. The number of alkyl halides is 3. The first-order chi connectivity index (χ1) is 8.73. The van der Waals surface area contributed by atoms with Crippen LogP contribution in [0.2, 0.25) is 0 Å². The lowest BCUT2D eigenvalue weighted by Crippen LogP contribution is -2.47. The summed E-state index contributed by atoms with van der Waals surface area (Å²) in [6.07, 6.45) is -3.55. The third kappa shape index (κ3) is 4.23. The summed E-state index contributed by atoms with van der Waals surface area (Å²) in [4.78, 5) is 23.6. The van der Waals surface area contributed by atoms with Crippen LogP contribution < -0.4 is 5.32 Å². The van der Waals surface area contributed by atoms with E-state index in [0.29, 0.717) is 6.54 Å². The zero-order valence-electron chi connectivity index (χ0n) is 10.4. The van der Waals surface area contributed by atoms with Gasteiger partial charge in [0.1, 0.15) is 0 Å². The van der Waals surface area contributed by atoms with Crippen LogP contribution in [0.4, 0.5) is 13.2 Å². The van der Waals surface area contributed by atoms with Crippen molar-refractivity contribution in [1.82, 2.24) is 10.2 Å². The lowest BCUT2D eigenvalue weighted by Gasteiger charge is -2.31. The second kappa shape index (κ2) is 6.05. The van der Waals surface area contributed by atoms with Gasteiger partial charge in [-0.3, -0.25) is 4.79 Å². The summed E-state index contributed by atoms with van der Waals surface area (Å²) in [6.45, 7) is 4.45. The van der Waals surface area contributed by atoms with E-state index in [1.54, 1.807) is 0 Å². The number of carbonyl (C=O) groups excluding carboxylic acids is 2. The number of hydrogen-bond donors (Lipinski definition) is 1. The van der Waals surface area contributed by atoms with E-state index in [2.05, 4.69) is 16.6 Å². The van der Waals surface area contributed by atoms with Gasteiger partial charge in [-0.15, -0.1) is 0 Å². The Morgan fingerprint density at radius 3 is 2.53 bits per heavy atom. The zero-order chi connectivity index (χ0) is 14.6. The average Bonchev–Trinajstić information content (AvgIpc) is 2.36. The van der Waals surface area contributed by atoms with Crippen LogP contribution in [0.3, 0.4) is 0 Å². The van der Waals surface area contributed by atoms with Crippen LogP contribution >= 0.6 is 0 Å². The number of nitrogens with zero attached hydrogens (tertiary/aromatic N) is 1. The van der Waals surface area contributed by atoms with Crippen LogP contribution in [0.5, 0.6) is 0 Å². The van der Waals surface area contributed by atoms with Crippen LogP contribution in [0.15, 0.2) is 12.3 Å². The number of halogens is 3. The number of amides is 1. The number of ether oxygens (including phenoxy) is 1. The van der Waals surface area contributed by atoms with Gasteiger partial charge in [0, 0.05) is 19.6 Å².